The lowest BCUT2D eigenvalue weighted by molar-refractivity contribution is 0.109. The second kappa shape index (κ2) is 3.22. The van der Waals surface area contributed by atoms with E-state index in [0.29, 0.717) is 0 Å². The lowest BCUT2D eigenvalue weighted by Gasteiger charge is -1.95. The molecule has 0 aliphatic carbocycles. The maximum Gasteiger partial charge on any atom is 0.422 e. The number of aliphatic hydroxyl groups is 1. The zero-order valence-electron chi connectivity index (χ0n) is 6.06. The number of hydrogen-bond acceptors (Lipinski definition) is 5. The highest BCUT2D eigenvalue weighted by atomic mass is 16.4. The summed E-state index contributed by atoms with van der Waals surface area (Å²) in [5, 5.41) is 17.5. The third-order valence-electron chi connectivity index (χ3n) is 1.32. The van der Waals surface area contributed by atoms with E-state index >= 15 is 0 Å². The summed E-state index contributed by atoms with van der Waals surface area (Å²) >= 11 is 0. The van der Waals surface area contributed by atoms with Crippen molar-refractivity contribution in [2.45, 2.75) is 6.54 Å². The standard InChI is InChI=1S/C6H7NO5/c8-2-1-7-5(10)4(3-9)12-6(7)11/h3,8,10H,1-2H2. The van der Waals surface area contributed by atoms with E-state index < -0.39 is 17.4 Å². The van der Waals surface area contributed by atoms with E-state index in [-0.39, 0.29) is 19.4 Å². The highest BCUT2D eigenvalue weighted by molar-refractivity contribution is 5.73. The summed E-state index contributed by atoms with van der Waals surface area (Å²) in [6.07, 6.45) is 0.227. The number of carbonyl (C=O) groups is 1. The Morgan fingerprint density at radius 3 is 2.67 bits per heavy atom. The third kappa shape index (κ3) is 1.24. The molecule has 0 bridgehead atoms. The van der Waals surface area contributed by atoms with Crippen molar-refractivity contribution < 1.29 is 19.4 Å². The maximum atomic E-state index is 10.8. The number of aliphatic hydroxyl groups excluding tert-OH is 1. The molecule has 0 aliphatic heterocycles. The van der Waals surface area contributed by atoms with Crippen LogP contribution in [-0.4, -0.2) is 27.7 Å². The van der Waals surface area contributed by atoms with Gasteiger partial charge < -0.3 is 14.6 Å². The maximum absolute atomic E-state index is 10.8. The van der Waals surface area contributed by atoms with Gasteiger partial charge in [0.1, 0.15) is 0 Å². The zero-order chi connectivity index (χ0) is 9.14. The van der Waals surface area contributed by atoms with E-state index in [2.05, 4.69) is 4.42 Å². The van der Waals surface area contributed by atoms with Gasteiger partial charge in [0.25, 0.3) is 0 Å². The smallest absolute Gasteiger partial charge is 0.422 e. The molecule has 0 aromatic carbocycles. The van der Waals surface area contributed by atoms with Gasteiger partial charge in [0, 0.05) is 0 Å². The van der Waals surface area contributed by atoms with Crippen LogP contribution in [0.4, 0.5) is 0 Å². The van der Waals surface area contributed by atoms with E-state index in [1.54, 1.807) is 0 Å². The first-order valence-electron chi connectivity index (χ1n) is 3.19. The van der Waals surface area contributed by atoms with E-state index in [1.165, 1.54) is 0 Å². The number of aromatic nitrogens is 1. The predicted molar refractivity (Wildman–Crippen MR) is 37.1 cm³/mol. The molecule has 0 saturated heterocycles. The van der Waals surface area contributed by atoms with Crippen molar-refractivity contribution in [3.05, 3.63) is 16.3 Å². The molecule has 6 nitrogen and oxygen atoms in total. The fraction of sp³-hybridized carbons (Fsp3) is 0.333. The van der Waals surface area contributed by atoms with Gasteiger partial charge in [-0.3, -0.25) is 4.79 Å². The van der Waals surface area contributed by atoms with Crippen molar-refractivity contribution in [2.75, 3.05) is 6.61 Å². The summed E-state index contributed by atoms with van der Waals surface area (Å²) < 4.78 is 5.09. The largest absolute Gasteiger partial charge is 0.492 e. The van der Waals surface area contributed by atoms with Crippen LogP contribution in [0.25, 0.3) is 0 Å². The molecule has 12 heavy (non-hydrogen) atoms. The predicted octanol–water partition coefficient (Wildman–Crippen LogP) is -1.05. The lowest BCUT2D eigenvalue weighted by Crippen LogP contribution is -2.15. The molecule has 66 valence electrons. The van der Waals surface area contributed by atoms with Crippen molar-refractivity contribution >= 4 is 6.29 Å². The minimum atomic E-state index is -0.858. The van der Waals surface area contributed by atoms with Gasteiger partial charge in [-0.2, -0.15) is 0 Å². The number of carbonyl (C=O) groups excluding carboxylic acids is 1. The Morgan fingerprint density at radius 2 is 2.25 bits per heavy atom. The highest BCUT2D eigenvalue weighted by Gasteiger charge is 2.13. The molecule has 6 heteroatoms. The number of nitrogens with zero attached hydrogens (tertiary/aromatic N) is 1. The Bertz CT molecular complexity index is 336. The first-order chi connectivity index (χ1) is 5.70. The quantitative estimate of drug-likeness (QED) is 0.569. The van der Waals surface area contributed by atoms with E-state index in [0.717, 1.165) is 4.57 Å². The molecule has 0 saturated carbocycles. The molecule has 0 fully saturated rings. The average molecular weight is 173 g/mol. The Balaban J connectivity index is 3.18. The van der Waals surface area contributed by atoms with Crippen LogP contribution in [0.15, 0.2) is 9.21 Å². The van der Waals surface area contributed by atoms with Gasteiger partial charge in [0.2, 0.25) is 11.6 Å². The lowest BCUT2D eigenvalue weighted by atomic mass is 10.5. The Morgan fingerprint density at radius 1 is 1.58 bits per heavy atom. The van der Waals surface area contributed by atoms with Crippen LogP contribution in [-0.2, 0) is 6.54 Å². The van der Waals surface area contributed by atoms with Gasteiger partial charge in [-0.15, -0.1) is 0 Å². The Hall–Kier alpha value is -1.56. The zero-order valence-corrected chi connectivity index (χ0v) is 6.06. The van der Waals surface area contributed by atoms with Crippen LogP contribution >= 0.6 is 0 Å². The Labute approximate surface area is 66.7 Å². The topological polar surface area (TPSA) is 92.7 Å². The molecule has 0 radical (unpaired) electrons. The van der Waals surface area contributed by atoms with Crippen molar-refractivity contribution in [3.8, 4) is 5.88 Å². The second-order valence-electron chi connectivity index (χ2n) is 2.05. The summed E-state index contributed by atoms with van der Waals surface area (Å²) in [5.74, 6) is -1.83. The van der Waals surface area contributed by atoms with E-state index in [1.807, 2.05) is 0 Å². The van der Waals surface area contributed by atoms with Crippen LogP contribution in [0.2, 0.25) is 0 Å². The summed E-state index contributed by atoms with van der Waals surface area (Å²) in [4.78, 5) is 20.9. The highest BCUT2D eigenvalue weighted by Crippen LogP contribution is 2.11. The summed E-state index contributed by atoms with van der Waals surface area (Å²) in [6, 6.07) is 0. The number of hydrogen-bond donors (Lipinski definition) is 2. The van der Waals surface area contributed by atoms with Gasteiger partial charge in [-0.25, -0.2) is 9.36 Å². The molecule has 0 unspecified atom stereocenters. The fourth-order valence-corrected chi connectivity index (χ4v) is 0.788. The molecule has 0 aliphatic rings. The SMILES string of the molecule is O=Cc1oc(=O)n(CCO)c1O. The van der Waals surface area contributed by atoms with Crippen molar-refractivity contribution in [1.82, 2.24) is 4.57 Å². The molecule has 0 atom stereocenters. The molecular formula is C6H7NO5. The van der Waals surface area contributed by atoms with Gasteiger partial charge in [-0.05, 0) is 0 Å². The van der Waals surface area contributed by atoms with Crippen LogP contribution in [0.1, 0.15) is 10.6 Å². The molecule has 1 aromatic rings. The average Bonchev–Trinajstić information content (AvgIpc) is 2.32. The summed E-state index contributed by atoms with van der Waals surface area (Å²) in [7, 11) is 0. The fourth-order valence-electron chi connectivity index (χ4n) is 0.788. The number of rotatable bonds is 3. The Kier molecular flexibility index (Phi) is 2.29. The third-order valence-corrected chi connectivity index (χ3v) is 1.32. The molecule has 2 N–H and O–H groups in total. The number of oxazole rings is 1. The molecule has 0 spiro atoms. The van der Waals surface area contributed by atoms with E-state index in [9.17, 15) is 9.59 Å². The molecular weight excluding hydrogens is 166 g/mol. The molecule has 1 heterocycles. The normalized spacial score (nSPS) is 10.1. The van der Waals surface area contributed by atoms with Gasteiger partial charge in [-0.1, -0.05) is 0 Å². The van der Waals surface area contributed by atoms with Gasteiger partial charge >= 0.3 is 5.76 Å². The second-order valence-corrected chi connectivity index (χ2v) is 2.05. The van der Waals surface area contributed by atoms with Gasteiger partial charge in [0.15, 0.2) is 6.29 Å². The minimum Gasteiger partial charge on any atom is -0.492 e. The summed E-state index contributed by atoms with van der Waals surface area (Å²) in [5.41, 5.74) is 0. The van der Waals surface area contributed by atoms with Crippen molar-refractivity contribution in [2.24, 2.45) is 0 Å². The van der Waals surface area contributed by atoms with Gasteiger partial charge in [0.05, 0.1) is 13.2 Å². The molecule has 1 aromatic heterocycles. The number of aromatic hydroxyl groups is 1. The van der Waals surface area contributed by atoms with Crippen LogP contribution in [0.5, 0.6) is 5.88 Å². The van der Waals surface area contributed by atoms with Crippen molar-refractivity contribution in [1.29, 1.82) is 0 Å². The first kappa shape index (κ1) is 8.54. The van der Waals surface area contributed by atoms with Crippen molar-refractivity contribution in [3.63, 3.8) is 0 Å². The minimum absolute atomic E-state index is 0.0952. The number of aldehydes is 1. The molecule has 1 rings (SSSR count). The summed E-state index contributed by atoms with van der Waals surface area (Å²) in [6.45, 7) is -0.409. The van der Waals surface area contributed by atoms with Crippen LogP contribution in [0, 0.1) is 0 Å². The van der Waals surface area contributed by atoms with Crippen LogP contribution in [0.3, 0.4) is 0 Å². The first-order valence-corrected chi connectivity index (χ1v) is 3.19. The molecule has 0 amide bonds. The monoisotopic (exact) mass is 173 g/mol. The van der Waals surface area contributed by atoms with E-state index in [4.69, 9.17) is 10.2 Å². The van der Waals surface area contributed by atoms with Crippen LogP contribution < -0.4 is 5.76 Å².